The van der Waals surface area contributed by atoms with E-state index in [2.05, 4.69) is 30.9 Å². The van der Waals surface area contributed by atoms with Crippen LogP contribution in [0, 0.1) is 0 Å². The molecule has 0 amide bonds. The molecule has 1 heterocycles. The first-order valence-electron chi connectivity index (χ1n) is 6.23. The van der Waals surface area contributed by atoms with Gasteiger partial charge in [-0.05, 0) is 43.1 Å². The Labute approximate surface area is 103 Å². The Balaban J connectivity index is 2.37. The summed E-state index contributed by atoms with van der Waals surface area (Å²) in [5, 5.41) is 9.32. The molecule has 0 fully saturated rings. The number of hydrogen-bond acceptors (Lipinski definition) is 3. The Morgan fingerprint density at radius 3 is 2.76 bits per heavy atom. The fraction of sp³-hybridized carbons (Fsp3) is 0.571. The number of aliphatic hydroxyl groups is 1. The Bertz CT molecular complexity index is 403. The van der Waals surface area contributed by atoms with E-state index in [1.165, 1.54) is 11.1 Å². The van der Waals surface area contributed by atoms with Gasteiger partial charge in [0.15, 0.2) is 0 Å². The molecule has 3 heteroatoms. The molecule has 0 saturated heterocycles. The highest BCUT2D eigenvalue weighted by Crippen LogP contribution is 2.29. The zero-order chi connectivity index (χ0) is 12.4. The van der Waals surface area contributed by atoms with E-state index in [4.69, 9.17) is 4.74 Å². The lowest BCUT2D eigenvalue weighted by Gasteiger charge is -2.34. The minimum absolute atomic E-state index is 0.0440. The van der Waals surface area contributed by atoms with Gasteiger partial charge in [0, 0.05) is 18.2 Å². The largest absolute Gasteiger partial charge is 0.496 e. The van der Waals surface area contributed by atoms with Crippen molar-refractivity contribution in [2.75, 3.05) is 13.7 Å². The van der Waals surface area contributed by atoms with Crippen LogP contribution in [0.4, 0.5) is 0 Å². The number of rotatable bonds is 3. The van der Waals surface area contributed by atoms with Crippen molar-refractivity contribution in [3.05, 3.63) is 28.8 Å². The van der Waals surface area contributed by atoms with Crippen LogP contribution in [0.25, 0.3) is 0 Å². The van der Waals surface area contributed by atoms with Crippen LogP contribution in [0.2, 0.25) is 0 Å². The second-order valence-electron chi connectivity index (χ2n) is 4.71. The molecule has 0 bridgehead atoms. The number of nitrogens with zero attached hydrogens (tertiary/aromatic N) is 1. The first-order chi connectivity index (χ1) is 8.19. The molecule has 2 rings (SSSR count). The van der Waals surface area contributed by atoms with Gasteiger partial charge in [-0.3, -0.25) is 4.90 Å². The van der Waals surface area contributed by atoms with Gasteiger partial charge in [0.1, 0.15) is 5.75 Å². The van der Waals surface area contributed by atoms with Gasteiger partial charge in [-0.2, -0.15) is 0 Å². The van der Waals surface area contributed by atoms with Crippen molar-refractivity contribution in [3.63, 3.8) is 0 Å². The summed E-state index contributed by atoms with van der Waals surface area (Å²) in [6.45, 7) is 6.55. The molecule has 1 aliphatic rings. The maximum absolute atomic E-state index is 9.32. The third-order valence-electron chi connectivity index (χ3n) is 3.69. The maximum Gasteiger partial charge on any atom is 0.124 e. The van der Waals surface area contributed by atoms with E-state index in [0.29, 0.717) is 6.04 Å². The van der Waals surface area contributed by atoms with Crippen LogP contribution in [-0.4, -0.2) is 29.7 Å². The number of aliphatic hydroxyl groups excluding tert-OH is 1. The maximum atomic E-state index is 9.32. The SMILES string of the molecule is CCN1Cc2cc(OC)c(CO)cc2CC1C. The lowest BCUT2D eigenvalue weighted by molar-refractivity contribution is 0.194. The predicted octanol–water partition coefficient (Wildman–Crippen LogP) is 1.95. The first kappa shape index (κ1) is 12.4. The Morgan fingerprint density at radius 2 is 2.18 bits per heavy atom. The normalized spacial score (nSPS) is 20.1. The van der Waals surface area contributed by atoms with Crippen LogP contribution >= 0.6 is 0 Å². The molecule has 0 saturated carbocycles. The summed E-state index contributed by atoms with van der Waals surface area (Å²) >= 11 is 0. The average molecular weight is 235 g/mol. The second kappa shape index (κ2) is 5.07. The van der Waals surface area contributed by atoms with Crippen molar-refractivity contribution >= 4 is 0 Å². The summed E-state index contributed by atoms with van der Waals surface area (Å²) < 4.78 is 5.32. The topological polar surface area (TPSA) is 32.7 Å². The monoisotopic (exact) mass is 235 g/mol. The van der Waals surface area contributed by atoms with E-state index in [1.54, 1.807) is 7.11 Å². The molecule has 1 N–H and O–H groups in total. The molecule has 3 nitrogen and oxygen atoms in total. The molecule has 0 aliphatic carbocycles. The molecule has 0 aromatic heterocycles. The lowest BCUT2D eigenvalue weighted by atomic mass is 9.92. The first-order valence-corrected chi connectivity index (χ1v) is 6.23. The quantitative estimate of drug-likeness (QED) is 0.869. The highest BCUT2D eigenvalue weighted by molar-refractivity contribution is 5.43. The van der Waals surface area contributed by atoms with Gasteiger partial charge in [-0.1, -0.05) is 6.92 Å². The molecule has 94 valence electrons. The fourth-order valence-electron chi connectivity index (χ4n) is 2.61. The van der Waals surface area contributed by atoms with E-state index in [9.17, 15) is 5.11 Å². The van der Waals surface area contributed by atoms with Gasteiger partial charge in [0.25, 0.3) is 0 Å². The van der Waals surface area contributed by atoms with Crippen LogP contribution in [0.1, 0.15) is 30.5 Å². The molecule has 0 radical (unpaired) electrons. The number of hydrogen-bond donors (Lipinski definition) is 1. The van der Waals surface area contributed by atoms with Gasteiger partial charge in [-0.25, -0.2) is 0 Å². The molecule has 1 aromatic rings. The van der Waals surface area contributed by atoms with Gasteiger partial charge in [-0.15, -0.1) is 0 Å². The third kappa shape index (κ3) is 2.31. The van der Waals surface area contributed by atoms with Crippen molar-refractivity contribution in [1.82, 2.24) is 4.90 Å². The zero-order valence-electron chi connectivity index (χ0n) is 10.9. The highest BCUT2D eigenvalue weighted by atomic mass is 16.5. The number of benzene rings is 1. The van der Waals surface area contributed by atoms with Crippen LogP contribution in [0.3, 0.4) is 0 Å². The summed E-state index contributed by atoms with van der Waals surface area (Å²) in [7, 11) is 1.66. The average Bonchev–Trinajstić information content (AvgIpc) is 2.36. The van der Waals surface area contributed by atoms with Crippen LogP contribution in [-0.2, 0) is 19.6 Å². The molecule has 1 atom stereocenters. The zero-order valence-corrected chi connectivity index (χ0v) is 10.9. The summed E-state index contributed by atoms with van der Waals surface area (Å²) in [6, 6.07) is 4.75. The van der Waals surface area contributed by atoms with Crippen molar-refractivity contribution in [2.24, 2.45) is 0 Å². The third-order valence-corrected chi connectivity index (χ3v) is 3.69. The number of likely N-dealkylation sites (N-methyl/N-ethyl adjacent to an activating group) is 1. The van der Waals surface area contributed by atoms with Crippen molar-refractivity contribution in [3.8, 4) is 5.75 Å². The minimum Gasteiger partial charge on any atom is -0.496 e. The standard InChI is InChI=1S/C14H21NO2/c1-4-15-8-12-7-14(17-3)13(9-16)6-11(12)5-10(15)2/h6-7,10,16H,4-5,8-9H2,1-3H3. The number of ether oxygens (including phenoxy) is 1. The van der Waals surface area contributed by atoms with Gasteiger partial charge in [0.2, 0.25) is 0 Å². The molecule has 17 heavy (non-hydrogen) atoms. The van der Waals surface area contributed by atoms with Gasteiger partial charge < -0.3 is 9.84 Å². The van der Waals surface area contributed by atoms with Crippen molar-refractivity contribution < 1.29 is 9.84 Å². The van der Waals surface area contributed by atoms with E-state index in [0.717, 1.165) is 30.8 Å². The summed E-state index contributed by atoms with van der Waals surface area (Å²) in [6.07, 6.45) is 1.06. The van der Waals surface area contributed by atoms with Crippen molar-refractivity contribution in [2.45, 2.75) is 39.5 Å². The van der Waals surface area contributed by atoms with Crippen LogP contribution in [0.15, 0.2) is 12.1 Å². The lowest BCUT2D eigenvalue weighted by Crippen LogP contribution is -2.38. The van der Waals surface area contributed by atoms with Gasteiger partial charge >= 0.3 is 0 Å². The molecule has 1 aliphatic heterocycles. The van der Waals surface area contributed by atoms with E-state index >= 15 is 0 Å². The predicted molar refractivity (Wildman–Crippen MR) is 68.2 cm³/mol. The van der Waals surface area contributed by atoms with E-state index < -0.39 is 0 Å². The molecule has 1 aromatic carbocycles. The second-order valence-corrected chi connectivity index (χ2v) is 4.71. The summed E-state index contributed by atoms with van der Waals surface area (Å²) in [5.74, 6) is 0.803. The van der Waals surface area contributed by atoms with Gasteiger partial charge in [0.05, 0.1) is 13.7 Å². The van der Waals surface area contributed by atoms with E-state index in [1.807, 2.05) is 0 Å². The molecule has 1 unspecified atom stereocenters. The highest BCUT2D eigenvalue weighted by Gasteiger charge is 2.22. The van der Waals surface area contributed by atoms with Crippen molar-refractivity contribution in [1.29, 1.82) is 0 Å². The van der Waals surface area contributed by atoms with Crippen LogP contribution < -0.4 is 4.74 Å². The van der Waals surface area contributed by atoms with Crippen LogP contribution in [0.5, 0.6) is 5.75 Å². The molecular weight excluding hydrogens is 214 g/mol. The Hall–Kier alpha value is -1.06. The fourth-order valence-corrected chi connectivity index (χ4v) is 2.61. The summed E-state index contributed by atoms with van der Waals surface area (Å²) in [5.41, 5.74) is 3.58. The summed E-state index contributed by atoms with van der Waals surface area (Å²) in [4.78, 5) is 2.46. The number of fused-ring (bicyclic) bond motifs is 1. The minimum atomic E-state index is 0.0440. The number of methoxy groups -OCH3 is 1. The molecule has 0 spiro atoms. The molecular formula is C14H21NO2. The Morgan fingerprint density at radius 1 is 1.41 bits per heavy atom. The smallest absolute Gasteiger partial charge is 0.124 e. The Kier molecular flexibility index (Phi) is 3.69. The van der Waals surface area contributed by atoms with E-state index in [-0.39, 0.29) is 6.61 Å².